The molecular weight excluding hydrogens is 216 g/mol. The van der Waals surface area contributed by atoms with E-state index in [-0.39, 0.29) is 0 Å². The average molecular weight is 236 g/mol. The van der Waals surface area contributed by atoms with Gasteiger partial charge in [0.1, 0.15) is 11.6 Å². The molecule has 1 heterocycles. The van der Waals surface area contributed by atoms with Crippen LogP contribution in [0, 0.1) is 18.3 Å². The maximum absolute atomic E-state index is 8.99. The highest BCUT2D eigenvalue weighted by atomic mass is 16.5. The largest absolute Gasteiger partial charge is 0.477 e. The summed E-state index contributed by atoms with van der Waals surface area (Å²) in [5, 5.41) is 16.5. The van der Waals surface area contributed by atoms with Crippen molar-refractivity contribution in [3.05, 3.63) is 11.3 Å². The summed E-state index contributed by atoms with van der Waals surface area (Å²) in [5.41, 5.74) is 1.25. The van der Waals surface area contributed by atoms with E-state index in [0.717, 1.165) is 13.0 Å². The Morgan fingerprint density at radius 1 is 1.53 bits per heavy atom. The average Bonchev–Trinajstić information content (AvgIpc) is 2.52. The molecule has 1 rings (SSSR count). The van der Waals surface area contributed by atoms with Crippen LogP contribution in [0.25, 0.3) is 0 Å². The van der Waals surface area contributed by atoms with Gasteiger partial charge in [-0.1, -0.05) is 13.8 Å². The van der Waals surface area contributed by atoms with Gasteiger partial charge in [-0.05, 0) is 19.9 Å². The number of ether oxygens (including phenoxy) is 1. The Kier molecular flexibility index (Phi) is 4.98. The molecule has 5 nitrogen and oxygen atoms in total. The van der Waals surface area contributed by atoms with Gasteiger partial charge in [0.2, 0.25) is 5.88 Å². The van der Waals surface area contributed by atoms with E-state index >= 15 is 0 Å². The first-order valence-corrected chi connectivity index (χ1v) is 5.86. The molecule has 0 spiro atoms. The number of aryl methyl sites for hydroxylation is 2. The summed E-state index contributed by atoms with van der Waals surface area (Å²) in [7, 11) is 1.79. The highest BCUT2D eigenvalue weighted by Crippen LogP contribution is 2.19. The summed E-state index contributed by atoms with van der Waals surface area (Å²) in [6.07, 6.45) is 0.910. The van der Waals surface area contributed by atoms with Crippen LogP contribution < -0.4 is 10.1 Å². The molecule has 0 bridgehead atoms. The molecular formula is C12H20N4O. The van der Waals surface area contributed by atoms with Gasteiger partial charge in [-0.3, -0.25) is 0 Å². The first-order chi connectivity index (χ1) is 8.06. The van der Waals surface area contributed by atoms with Gasteiger partial charge in [0.05, 0.1) is 12.3 Å². The van der Waals surface area contributed by atoms with Crippen LogP contribution in [0.1, 0.15) is 31.5 Å². The molecule has 0 atom stereocenters. The van der Waals surface area contributed by atoms with Crippen LogP contribution in [0.4, 0.5) is 0 Å². The molecule has 0 saturated heterocycles. The lowest BCUT2D eigenvalue weighted by Gasteiger charge is -2.09. The lowest BCUT2D eigenvalue weighted by molar-refractivity contribution is 0.280. The van der Waals surface area contributed by atoms with Gasteiger partial charge >= 0.3 is 0 Å². The van der Waals surface area contributed by atoms with Crippen molar-refractivity contribution < 1.29 is 4.74 Å². The molecule has 1 N–H and O–H groups in total. The summed E-state index contributed by atoms with van der Waals surface area (Å²) in [6.45, 7) is 7.54. The standard InChI is InChI=1S/C12H20N4O/c1-9(2)14-6-5-7-17-12-11(8-13)10(3)15-16(12)4/h9,14H,5-7H2,1-4H3. The van der Waals surface area contributed by atoms with Crippen molar-refractivity contribution in [2.75, 3.05) is 13.2 Å². The zero-order chi connectivity index (χ0) is 12.8. The smallest absolute Gasteiger partial charge is 0.230 e. The monoisotopic (exact) mass is 236 g/mol. The molecule has 0 saturated carbocycles. The fraction of sp³-hybridized carbons (Fsp3) is 0.667. The van der Waals surface area contributed by atoms with Gasteiger partial charge in [-0.15, -0.1) is 0 Å². The Morgan fingerprint density at radius 3 is 2.82 bits per heavy atom. The number of nitrogens with one attached hydrogen (secondary N) is 1. The lowest BCUT2D eigenvalue weighted by atomic mass is 10.3. The molecule has 0 aliphatic heterocycles. The third-order valence-corrected chi connectivity index (χ3v) is 2.39. The predicted molar refractivity (Wildman–Crippen MR) is 65.9 cm³/mol. The number of nitriles is 1. The topological polar surface area (TPSA) is 62.9 Å². The maximum Gasteiger partial charge on any atom is 0.230 e. The van der Waals surface area contributed by atoms with E-state index < -0.39 is 0 Å². The Bertz CT molecular complexity index is 403. The molecule has 0 aliphatic rings. The second-order valence-electron chi connectivity index (χ2n) is 4.31. The van der Waals surface area contributed by atoms with Crippen molar-refractivity contribution in [1.82, 2.24) is 15.1 Å². The van der Waals surface area contributed by atoms with Crippen LogP contribution in [0.2, 0.25) is 0 Å². The molecule has 0 amide bonds. The van der Waals surface area contributed by atoms with Gasteiger partial charge < -0.3 is 10.1 Å². The van der Waals surface area contributed by atoms with Gasteiger partial charge in [0.15, 0.2) is 0 Å². The first kappa shape index (κ1) is 13.5. The normalized spacial score (nSPS) is 10.6. The highest BCUT2D eigenvalue weighted by molar-refractivity contribution is 5.41. The van der Waals surface area contributed by atoms with E-state index in [2.05, 4.69) is 30.3 Å². The van der Waals surface area contributed by atoms with Crippen LogP contribution in [-0.4, -0.2) is 29.0 Å². The first-order valence-electron chi connectivity index (χ1n) is 5.86. The number of nitrogens with zero attached hydrogens (tertiary/aromatic N) is 3. The minimum atomic E-state index is 0.489. The summed E-state index contributed by atoms with van der Waals surface area (Å²) < 4.78 is 7.21. The molecule has 0 aromatic carbocycles. The van der Waals surface area contributed by atoms with Crippen molar-refractivity contribution in [2.45, 2.75) is 33.2 Å². The Labute approximate surface area is 102 Å². The SMILES string of the molecule is Cc1nn(C)c(OCCCNC(C)C)c1C#N. The number of rotatable bonds is 6. The molecule has 1 aromatic heterocycles. The van der Waals surface area contributed by atoms with E-state index in [1.165, 1.54) is 0 Å². The van der Waals surface area contributed by atoms with Gasteiger partial charge in [-0.25, -0.2) is 4.68 Å². The number of hydrogen-bond acceptors (Lipinski definition) is 4. The fourth-order valence-corrected chi connectivity index (χ4v) is 1.56. The van der Waals surface area contributed by atoms with Gasteiger partial charge in [0.25, 0.3) is 0 Å². The summed E-state index contributed by atoms with van der Waals surface area (Å²) in [4.78, 5) is 0. The van der Waals surface area contributed by atoms with Crippen LogP contribution in [0.5, 0.6) is 5.88 Å². The second-order valence-corrected chi connectivity index (χ2v) is 4.31. The predicted octanol–water partition coefficient (Wildman–Crippen LogP) is 1.37. The summed E-state index contributed by atoms with van der Waals surface area (Å²) in [6, 6.07) is 2.61. The zero-order valence-electron chi connectivity index (χ0n) is 10.9. The molecule has 0 radical (unpaired) electrons. The van der Waals surface area contributed by atoms with E-state index in [4.69, 9.17) is 10.00 Å². The van der Waals surface area contributed by atoms with E-state index in [1.54, 1.807) is 11.7 Å². The highest BCUT2D eigenvalue weighted by Gasteiger charge is 2.13. The molecule has 5 heteroatoms. The molecule has 0 fully saturated rings. The Morgan fingerprint density at radius 2 is 2.24 bits per heavy atom. The number of hydrogen-bond donors (Lipinski definition) is 1. The lowest BCUT2D eigenvalue weighted by Crippen LogP contribution is -2.25. The zero-order valence-corrected chi connectivity index (χ0v) is 10.9. The minimum Gasteiger partial charge on any atom is -0.477 e. The van der Waals surface area contributed by atoms with E-state index in [9.17, 15) is 0 Å². The quantitative estimate of drug-likeness (QED) is 0.758. The third-order valence-electron chi connectivity index (χ3n) is 2.39. The van der Waals surface area contributed by atoms with Crippen LogP contribution in [0.3, 0.4) is 0 Å². The molecule has 1 aromatic rings. The Balaban J connectivity index is 2.44. The molecule has 17 heavy (non-hydrogen) atoms. The van der Waals surface area contributed by atoms with Gasteiger partial charge in [0, 0.05) is 13.1 Å². The summed E-state index contributed by atoms with van der Waals surface area (Å²) >= 11 is 0. The van der Waals surface area contributed by atoms with Crippen molar-refractivity contribution in [3.63, 3.8) is 0 Å². The molecule has 94 valence electrons. The summed E-state index contributed by atoms with van der Waals surface area (Å²) in [5.74, 6) is 0.564. The Hall–Kier alpha value is -1.54. The molecule has 0 unspecified atom stereocenters. The van der Waals surface area contributed by atoms with Crippen molar-refractivity contribution >= 4 is 0 Å². The minimum absolute atomic E-state index is 0.489. The fourth-order valence-electron chi connectivity index (χ4n) is 1.56. The van der Waals surface area contributed by atoms with Crippen LogP contribution in [-0.2, 0) is 7.05 Å². The van der Waals surface area contributed by atoms with Gasteiger partial charge in [-0.2, -0.15) is 10.4 Å². The van der Waals surface area contributed by atoms with Crippen molar-refractivity contribution in [3.8, 4) is 11.9 Å². The van der Waals surface area contributed by atoms with Crippen molar-refractivity contribution in [1.29, 1.82) is 5.26 Å². The number of aromatic nitrogens is 2. The third kappa shape index (κ3) is 3.75. The maximum atomic E-state index is 8.99. The van der Waals surface area contributed by atoms with Crippen LogP contribution >= 0.6 is 0 Å². The van der Waals surface area contributed by atoms with Crippen LogP contribution in [0.15, 0.2) is 0 Å². The molecule has 0 aliphatic carbocycles. The van der Waals surface area contributed by atoms with Crippen molar-refractivity contribution in [2.24, 2.45) is 7.05 Å². The van der Waals surface area contributed by atoms with E-state index in [0.29, 0.717) is 29.8 Å². The van der Waals surface area contributed by atoms with E-state index in [1.807, 2.05) is 6.92 Å². The second kappa shape index (κ2) is 6.26.